The standard InChI is InChI=1S/C12H19N3O3S/c1-4-14-12(16)9(3)15-19(17,18)11-6-5-8(2)7-10(11)13/h5-7,9,15H,4,13H2,1-3H3,(H,14,16). The Morgan fingerprint density at radius 1 is 1.42 bits per heavy atom. The predicted octanol–water partition coefficient (Wildman–Crippen LogP) is 0.380. The van der Waals surface area contributed by atoms with Crippen molar-refractivity contribution in [3.05, 3.63) is 23.8 Å². The van der Waals surface area contributed by atoms with Crippen LogP contribution < -0.4 is 15.8 Å². The molecule has 0 radical (unpaired) electrons. The molecule has 7 heteroatoms. The summed E-state index contributed by atoms with van der Waals surface area (Å²) in [6, 6.07) is 3.80. The number of sulfonamides is 1. The van der Waals surface area contributed by atoms with Crippen molar-refractivity contribution in [1.29, 1.82) is 0 Å². The van der Waals surface area contributed by atoms with E-state index in [-0.39, 0.29) is 16.5 Å². The molecule has 4 N–H and O–H groups in total. The lowest BCUT2D eigenvalue weighted by atomic mass is 10.2. The van der Waals surface area contributed by atoms with Crippen LogP contribution in [0.3, 0.4) is 0 Å². The Bertz CT molecular complexity index is 570. The molecule has 6 nitrogen and oxygen atoms in total. The van der Waals surface area contributed by atoms with Crippen LogP contribution in [-0.2, 0) is 14.8 Å². The van der Waals surface area contributed by atoms with Gasteiger partial charge in [0.25, 0.3) is 0 Å². The SMILES string of the molecule is CCNC(=O)C(C)NS(=O)(=O)c1ccc(C)cc1N. The molecule has 1 unspecified atom stereocenters. The number of hydrogen-bond acceptors (Lipinski definition) is 4. The average molecular weight is 285 g/mol. The van der Waals surface area contributed by atoms with Crippen molar-refractivity contribution >= 4 is 21.6 Å². The van der Waals surface area contributed by atoms with E-state index in [9.17, 15) is 13.2 Å². The molecule has 0 heterocycles. The van der Waals surface area contributed by atoms with Gasteiger partial charge in [-0.05, 0) is 38.5 Å². The number of likely N-dealkylation sites (N-methyl/N-ethyl adjacent to an activating group) is 1. The molecule has 0 bridgehead atoms. The molecule has 0 fully saturated rings. The van der Waals surface area contributed by atoms with Gasteiger partial charge in [-0.2, -0.15) is 4.72 Å². The molecule has 1 amide bonds. The maximum Gasteiger partial charge on any atom is 0.243 e. The first-order valence-corrected chi connectivity index (χ1v) is 7.42. The van der Waals surface area contributed by atoms with E-state index in [2.05, 4.69) is 10.0 Å². The summed E-state index contributed by atoms with van der Waals surface area (Å²) < 4.78 is 26.5. The molecule has 1 rings (SSSR count). The summed E-state index contributed by atoms with van der Waals surface area (Å²) in [6.07, 6.45) is 0. The monoisotopic (exact) mass is 285 g/mol. The van der Waals surface area contributed by atoms with Gasteiger partial charge in [-0.15, -0.1) is 0 Å². The van der Waals surface area contributed by atoms with E-state index in [1.54, 1.807) is 19.1 Å². The lowest BCUT2D eigenvalue weighted by molar-refractivity contribution is -0.122. The van der Waals surface area contributed by atoms with E-state index in [4.69, 9.17) is 5.73 Å². The molecule has 1 aromatic rings. The summed E-state index contributed by atoms with van der Waals surface area (Å²) in [4.78, 5) is 11.5. The van der Waals surface area contributed by atoms with Gasteiger partial charge in [-0.1, -0.05) is 6.07 Å². The molecular formula is C12H19N3O3S. The zero-order chi connectivity index (χ0) is 14.6. The number of benzene rings is 1. The van der Waals surface area contributed by atoms with E-state index in [1.807, 2.05) is 6.92 Å². The number of nitrogens with one attached hydrogen (secondary N) is 2. The Balaban J connectivity index is 2.95. The van der Waals surface area contributed by atoms with E-state index in [0.717, 1.165) is 5.56 Å². The van der Waals surface area contributed by atoms with E-state index in [1.165, 1.54) is 13.0 Å². The number of amides is 1. The number of aryl methyl sites for hydroxylation is 1. The van der Waals surface area contributed by atoms with Crippen LogP contribution in [0.15, 0.2) is 23.1 Å². The minimum Gasteiger partial charge on any atom is -0.398 e. The Morgan fingerprint density at radius 2 is 2.05 bits per heavy atom. The Hall–Kier alpha value is -1.60. The molecule has 1 atom stereocenters. The van der Waals surface area contributed by atoms with Crippen LogP contribution in [0.2, 0.25) is 0 Å². The normalized spacial score (nSPS) is 13.0. The number of carbonyl (C=O) groups excluding carboxylic acids is 1. The summed E-state index contributed by atoms with van der Waals surface area (Å²) in [5, 5.41) is 2.55. The van der Waals surface area contributed by atoms with Crippen LogP contribution in [-0.4, -0.2) is 26.9 Å². The van der Waals surface area contributed by atoms with Gasteiger partial charge in [0.15, 0.2) is 0 Å². The fraction of sp³-hybridized carbons (Fsp3) is 0.417. The van der Waals surface area contributed by atoms with Crippen molar-refractivity contribution in [2.45, 2.75) is 31.7 Å². The Kier molecular flexibility index (Phi) is 4.90. The second kappa shape index (κ2) is 6.03. The molecule has 106 valence electrons. The lowest BCUT2D eigenvalue weighted by Gasteiger charge is -2.15. The van der Waals surface area contributed by atoms with Crippen molar-refractivity contribution in [2.24, 2.45) is 0 Å². The Morgan fingerprint density at radius 3 is 2.58 bits per heavy atom. The molecule has 0 aliphatic heterocycles. The van der Waals surface area contributed by atoms with Crippen molar-refractivity contribution in [1.82, 2.24) is 10.0 Å². The summed E-state index contributed by atoms with van der Waals surface area (Å²) in [5.41, 5.74) is 6.73. The maximum atomic E-state index is 12.1. The van der Waals surface area contributed by atoms with Gasteiger partial charge in [-0.3, -0.25) is 4.79 Å². The smallest absolute Gasteiger partial charge is 0.243 e. The van der Waals surface area contributed by atoms with Crippen molar-refractivity contribution in [3.8, 4) is 0 Å². The predicted molar refractivity (Wildman–Crippen MR) is 74.1 cm³/mol. The minimum atomic E-state index is -3.81. The van der Waals surface area contributed by atoms with Gasteiger partial charge in [0.2, 0.25) is 15.9 Å². The highest BCUT2D eigenvalue weighted by Gasteiger charge is 2.23. The molecule has 0 aliphatic carbocycles. The van der Waals surface area contributed by atoms with Crippen LogP contribution in [0.25, 0.3) is 0 Å². The van der Waals surface area contributed by atoms with Gasteiger partial charge in [0.1, 0.15) is 4.90 Å². The van der Waals surface area contributed by atoms with E-state index < -0.39 is 16.1 Å². The van der Waals surface area contributed by atoms with Gasteiger partial charge in [0, 0.05) is 6.54 Å². The van der Waals surface area contributed by atoms with Crippen molar-refractivity contribution in [2.75, 3.05) is 12.3 Å². The molecule has 0 aliphatic rings. The van der Waals surface area contributed by atoms with Gasteiger partial charge < -0.3 is 11.1 Å². The zero-order valence-corrected chi connectivity index (χ0v) is 12.0. The van der Waals surface area contributed by atoms with Crippen LogP contribution in [0.5, 0.6) is 0 Å². The number of nitrogen functional groups attached to an aromatic ring is 1. The van der Waals surface area contributed by atoms with Gasteiger partial charge in [0.05, 0.1) is 11.7 Å². The quantitative estimate of drug-likeness (QED) is 0.681. The number of hydrogen-bond donors (Lipinski definition) is 3. The first-order chi connectivity index (χ1) is 8.77. The summed E-state index contributed by atoms with van der Waals surface area (Å²) >= 11 is 0. The molecular weight excluding hydrogens is 266 g/mol. The number of carbonyl (C=O) groups is 1. The van der Waals surface area contributed by atoms with Crippen LogP contribution >= 0.6 is 0 Å². The Labute approximate surface area is 113 Å². The average Bonchev–Trinajstić information content (AvgIpc) is 2.27. The first kappa shape index (κ1) is 15.5. The largest absolute Gasteiger partial charge is 0.398 e. The molecule has 0 aromatic heterocycles. The third-order valence-corrected chi connectivity index (χ3v) is 4.15. The maximum absolute atomic E-state index is 12.1. The summed E-state index contributed by atoms with van der Waals surface area (Å²) in [7, 11) is -3.81. The fourth-order valence-corrected chi connectivity index (χ4v) is 2.91. The lowest BCUT2D eigenvalue weighted by Crippen LogP contribution is -2.44. The number of nitrogens with two attached hydrogens (primary N) is 1. The van der Waals surface area contributed by atoms with Crippen LogP contribution in [0.1, 0.15) is 19.4 Å². The second-order valence-corrected chi connectivity index (χ2v) is 5.96. The highest BCUT2D eigenvalue weighted by atomic mass is 32.2. The van der Waals surface area contributed by atoms with Gasteiger partial charge in [-0.25, -0.2) is 8.42 Å². The van der Waals surface area contributed by atoms with E-state index in [0.29, 0.717) is 6.54 Å². The number of anilines is 1. The zero-order valence-electron chi connectivity index (χ0n) is 11.2. The molecule has 1 aromatic carbocycles. The first-order valence-electron chi connectivity index (χ1n) is 5.94. The van der Waals surface area contributed by atoms with Gasteiger partial charge >= 0.3 is 0 Å². The molecule has 0 saturated heterocycles. The highest BCUT2D eigenvalue weighted by Crippen LogP contribution is 2.19. The van der Waals surface area contributed by atoms with Crippen LogP contribution in [0, 0.1) is 6.92 Å². The molecule has 19 heavy (non-hydrogen) atoms. The molecule has 0 saturated carbocycles. The molecule has 0 spiro atoms. The number of rotatable bonds is 5. The third-order valence-electron chi connectivity index (χ3n) is 2.53. The summed E-state index contributed by atoms with van der Waals surface area (Å²) in [5.74, 6) is -0.378. The fourth-order valence-electron chi connectivity index (χ4n) is 1.59. The van der Waals surface area contributed by atoms with Crippen molar-refractivity contribution in [3.63, 3.8) is 0 Å². The van der Waals surface area contributed by atoms with E-state index >= 15 is 0 Å². The topological polar surface area (TPSA) is 101 Å². The second-order valence-electron chi connectivity index (χ2n) is 4.28. The third kappa shape index (κ3) is 3.93. The van der Waals surface area contributed by atoms with Crippen LogP contribution in [0.4, 0.5) is 5.69 Å². The minimum absolute atomic E-state index is 0.0192. The highest BCUT2D eigenvalue weighted by molar-refractivity contribution is 7.89. The summed E-state index contributed by atoms with van der Waals surface area (Å²) in [6.45, 7) is 5.50. The van der Waals surface area contributed by atoms with Crippen molar-refractivity contribution < 1.29 is 13.2 Å².